The second-order valence-electron chi connectivity index (χ2n) is 1.61. The second kappa shape index (κ2) is 1.51. The van der Waals surface area contributed by atoms with Crippen LogP contribution in [0.5, 0.6) is 0 Å². The van der Waals surface area contributed by atoms with Crippen LogP contribution in [-0.4, -0.2) is 26.3 Å². The van der Waals surface area contributed by atoms with E-state index >= 15 is 0 Å². The van der Waals surface area contributed by atoms with Crippen molar-refractivity contribution in [3.63, 3.8) is 0 Å². The molecular weight excluding hydrogens is 136 g/mol. The van der Waals surface area contributed by atoms with E-state index in [0.29, 0.717) is 0 Å². The average molecular weight is 140 g/mol. The molecule has 0 amide bonds. The molecule has 1 unspecified atom stereocenters. The molecule has 1 aromatic rings. The van der Waals surface area contributed by atoms with Crippen LogP contribution < -0.4 is 0 Å². The van der Waals surface area contributed by atoms with Crippen molar-refractivity contribution < 1.29 is 0 Å². The van der Waals surface area contributed by atoms with Gasteiger partial charge in [-0.25, -0.2) is 0 Å². The monoisotopic (exact) mass is 140 g/mol. The van der Waals surface area contributed by atoms with Gasteiger partial charge in [0.1, 0.15) is 6.33 Å². The van der Waals surface area contributed by atoms with E-state index in [-0.39, 0.29) is 10.5 Å². The average Bonchev–Trinajstić information content (AvgIpc) is 2.35. The summed E-state index contributed by atoms with van der Waals surface area (Å²) in [4.78, 5) is 0. The van der Waals surface area contributed by atoms with Gasteiger partial charge in [0.2, 0.25) is 5.16 Å². The molecule has 1 aromatic heterocycles. The highest BCUT2D eigenvalue weighted by atomic mass is 32.2. The lowest BCUT2D eigenvalue weighted by Gasteiger charge is -1.84. The fourth-order valence-corrected chi connectivity index (χ4v) is 1.42. The summed E-state index contributed by atoms with van der Waals surface area (Å²) >= 11 is 0. The van der Waals surface area contributed by atoms with Gasteiger partial charge in [-0.15, -0.1) is 10.2 Å². The minimum Gasteiger partial charge on any atom is -0.194 e. The van der Waals surface area contributed by atoms with Crippen LogP contribution in [-0.2, 0) is 0 Å². The molecule has 0 radical (unpaired) electrons. The van der Waals surface area contributed by atoms with Crippen LogP contribution in [0.3, 0.4) is 0 Å². The van der Waals surface area contributed by atoms with Crippen molar-refractivity contribution in [2.24, 2.45) is 5.10 Å². The third-order valence-corrected chi connectivity index (χ3v) is 2.12. The third kappa shape index (κ3) is 0.547. The predicted molar refractivity (Wildman–Crippen MR) is 36.9 cm³/mol. The van der Waals surface area contributed by atoms with Gasteiger partial charge in [0, 0.05) is 0 Å². The number of hydrogen-bond acceptors (Lipinski definition) is 3. The molecule has 1 atom stereocenters. The first-order valence-corrected chi connectivity index (χ1v) is 3.81. The molecule has 0 fully saturated rings. The van der Waals surface area contributed by atoms with Gasteiger partial charge < -0.3 is 0 Å². The van der Waals surface area contributed by atoms with E-state index in [4.69, 9.17) is 0 Å². The zero-order valence-corrected chi connectivity index (χ0v) is 5.38. The highest BCUT2D eigenvalue weighted by Crippen LogP contribution is 2.22. The van der Waals surface area contributed by atoms with Gasteiger partial charge in [-0.3, -0.25) is 0 Å². The van der Waals surface area contributed by atoms with E-state index in [1.165, 1.54) is 0 Å². The van der Waals surface area contributed by atoms with Crippen molar-refractivity contribution in [1.29, 1.82) is 0 Å². The van der Waals surface area contributed by atoms with E-state index in [0.717, 1.165) is 5.16 Å². The van der Waals surface area contributed by atoms with E-state index in [1.54, 1.807) is 16.6 Å². The molecule has 1 aliphatic heterocycles. The number of hydrogen-bond donors (Lipinski definition) is 0. The SMILES string of the molecule is C=S1C=Nn2cnnc21. The molecule has 0 aromatic carbocycles. The molecule has 0 bridgehead atoms. The molecule has 0 spiro atoms. The van der Waals surface area contributed by atoms with Gasteiger partial charge in [0.15, 0.2) is 0 Å². The summed E-state index contributed by atoms with van der Waals surface area (Å²) < 4.78 is 1.64. The normalized spacial score (nSPS) is 22.4. The lowest BCUT2D eigenvalue weighted by molar-refractivity contribution is 0.781. The molecule has 0 N–H and O–H groups in total. The second-order valence-corrected chi connectivity index (χ2v) is 3.04. The highest BCUT2D eigenvalue weighted by molar-refractivity contribution is 8.25. The summed E-state index contributed by atoms with van der Waals surface area (Å²) in [5.41, 5.74) is 1.77. The Morgan fingerprint density at radius 3 is 3.33 bits per heavy atom. The molecule has 0 aliphatic carbocycles. The Morgan fingerprint density at radius 2 is 2.56 bits per heavy atom. The summed E-state index contributed by atoms with van der Waals surface area (Å²) in [5, 5.41) is 12.3. The van der Waals surface area contributed by atoms with Crippen LogP contribution in [0.2, 0.25) is 0 Å². The minimum atomic E-state index is -0.169. The quantitative estimate of drug-likeness (QED) is 0.481. The Labute approximate surface area is 54.1 Å². The number of rotatable bonds is 0. The molecule has 2 heterocycles. The van der Waals surface area contributed by atoms with Crippen molar-refractivity contribution in [3.05, 3.63) is 6.33 Å². The van der Waals surface area contributed by atoms with Gasteiger partial charge in [0.25, 0.3) is 0 Å². The van der Waals surface area contributed by atoms with E-state index < -0.39 is 0 Å². The minimum absolute atomic E-state index is 0.169. The Bertz CT molecular complexity index is 287. The molecule has 46 valence electrons. The topological polar surface area (TPSA) is 43.1 Å². The van der Waals surface area contributed by atoms with Crippen molar-refractivity contribution in [2.75, 3.05) is 0 Å². The smallest absolute Gasteiger partial charge is 0.194 e. The van der Waals surface area contributed by atoms with Crippen molar-refractivity contribution >= 4 is 21.9 Å². The first-order valence-electron chi connectivity index (χ1n) is 2.35. The summed E-state index contributed by atoms with van der Waals surface area (Å²) in [6.45, 7) is 0. The van der Waals surface area contributed by atoms with Gasteiger partial charge in [0.05, 0.1) is 5.55 Å². The summed E-state index contributed by atoms with van der Waals surface area (Å²) in [7, 11) is -0.169. The fraction of sp³-hybridized carbons (Fsp3) is 0. The van der Waals surface area contributed by atoms with Crippen LogP contribution in [0, 0.1) is 0 Å². The maximum atomic E-state index is 3.96. The standard InChI is InChI=1S/C4H4N4S/c1-9-3-6-8-2-5-7-4(8)9/h2-3H,1H2. The van der Waals surface area contributed by atoms with Crippen molar-refractivity contribution in [2.45, 2.75) is 5.16 Å². The van der Waals surface area contributed by atoms with Crippen molar-refractivity contribution in [1.82, 2.24) is 14.9 Å². The molecule has 5 heteroatoms. The first-order chi connectivity index (χ1) is 4.38. The van der Waals surface area contributed by atoms with Crippen LogP contribution in [0.25, 0.3) is 0 Å². The third-order valence-electron chi connectivity index (χ3n) is 1.03. The van der Waals surface area contributed by atoms with Crippen molar-refractivity contribution in [3.8, 4) is 0 Å². The zero-order chi connectivity index (χ0) is 6.27. The highest BCUT2D eigenvalue weighted by Gasteiger charge is 2.08. The maximum absolute atomic E-state index is 3.96. The Balaban J connectivity index is 2.73. The Hall–Kier alpha value is -0.970. The van der Waals surface area contributed by atoms with Crippen LogP contribution in [0.1, 0.15) is 0 Å². The lowest BCUT2D eigenvalue weighted by Crippen LogP contribution is -1.80. The molecule has 2 rings (SSSR count). The lowest BCUT2D eigenvalue weighted by atomic mass is 11.2. The predicted octanol–water partition coefficient (Wildman–Crippen LogP) is 0.143. The van der Waals surface area contributed by atoms with E-state index in [2.05, 4.69) is 21.2 Å². The van der Waals surface area contributed by atoms with Crippen LogP contribution in [0.15, 0.2) is 16.6 Å². The summed E-state index contributed by atoms with van der Waals surface area (Å²) in [5.74, 6) is 3.81. The summed E-state index contributed by atoms with van der Waals surface area (Å²) in [6.07, 6.45) is 1.57. The van der Waals surface area contributed by atoms with Crippen LogP contribution >= 0.6 is 10.5 Å². The van der Waals surface area contributed by atoms with E-state index in [1.807, 2.05) is 0 Å². The zero-order valence-electron chi connectivity index (χ0n) is 4.56. The molecule has 9 heavy (non-hydrogen) atoms. The van der Waals surface area contributed by atoms with Gasteiger partial charge in [-0.05, 0) is 0 Å². The molecular formula is C4H4N4S. The first kappa shape index (κ1) is 4.87. The molecule has 4 nitrogen and oxygen atoms in total. The number of fused-ring (bicyclic) bond motifs is 1. The number of nitrogens with zero attached hydrogens (tertiary/aromatic N) is 4. The summed E-state index contributed by atoms with van der Waals surface area (Å²) in [6, 6.07) is 0. The van der Waals surface area contributed by atoms with Gasteiger partial charge in [-0.1, -0.05) is 16.4 Å². The fourth-order valence-electron chi connectivity index (χ4n) is 0.626. The van der Waals surface area contributed by atoms with Gasteiger partial charge >= 0.3 is 0 Å². The van der Waals surface area contributed by atoms with Gasteiger partial charge in [-0.2, -0.15) is 9.78 Å². The van der Waals surface area contributed by atoms with E-state index in [9.17, 15) is 0 Å². The number of aromatic nitrogens is 3. The molecule has 0 saturated carbocycles. The molecule has 0 saturated heterocycles. The Kier molecular flexibility index (Phi) is 0.814. The molecule has 1 aliphatic rings. The van der Waals surface area contributed by atoms with Crippen LogP contribution in [0.4, 0.5) is 0 Å². The Morgan fingerprint density at radius 1 is 1.67 bits per heavy atom. The maximum Gasteiger partial charge on any atom is 0.211 e. The largest absolute Gasteiger partial charge is 0.211 e.